The monoisotopic (exact) mass is 312 g/mol. The van der Waals surface area contributed by atoms with Crippen LogP contribution in [0, 0.1) is 0 Å². The van der Waals surface area contributed by atoms with Crippen molar-refractivity contribution in [2.75, 3.05) is 0 Å². The van der Waals surface area contributed by atoms with E-state index in [1.165, 1.54) is 30.4 Å². The fraction of sp³-hybridized carbons (Fsp3) is 0.350. The van der Waals surface area contributed by atoms with Gasteiger partial charge in [-0.15, -0.1) is 0 Å². The van der Waals surface area contributed by atoms with Gasteiger partial charge in [-0.05, 0) is 18.1 Å². The first-order chi connectivity index (χ1) is 11.2. The number of furan rings is 1. The van der Waals surface area contributed by atoms with Crippen molar-refractivity contribution in [3.05, 3.63) is 48.7 Å². The first-order valence-corrected chi connectivity index (χ1v) is 8.29. The van der Waals surface area contributed by atoms with Gasteiger partial charge in [0.2, 0.25) is 0 Å². The van der Waals surface area contributed by atoms with E-state index in [1.54, 1.807) is 6.26 Å². The van der Waals surface area contributed by atoms with Gasteiger partial charge in [0.15, 0.2) is 0 Å². The average molecular weight is 312 g/mol. The molecule has 3 heteroatoms. The second-order valence-corrected chi connectivity index (χ2v) is 5.68. The molecule has 23 heavy (non-hydrogen) atoms. The molecule has 122 valence electrons. The maximum absolute atomic E-state index is 10.0. The molecule has 1 aromatic heterocycles. The molecule has 0 atom stereocenters. The van der Waals surface area contributed by atoms with E-state index in [4.69, 9.17) is 9.52 Å². The summed E-state index contributed by atoms with van der Waals surface area (Å²) in [5.41, 5.74) is 3.39. The van der Waals surface area contributed by atoms with E-state index in [9.17, 15) is 4.79 Å². The predicted octanol–water partition coefficient (Wildman–Crippen LogP) is 5.97. The van der Waals surface area contributed by atoms with Gasteiger partial charge in [0, 0.05) is 17.4 Å². The van der Waals surface area contributed by atoms with Crippen molar-refractivity contribution in [3.63, 3.8) is 0 Å². The van der Waals surface area contributed by atoms with Gasteiger partial charge in [0.25, 0.3) is 0 Å². The lowest BCUT2D eigenvalue weighted by Crippen LogP contribution is -1.93. The number of hydrogen-bond acceptors (Lipinski definition) is 2. The van der Waals surface area contributed by atoms with Gasteiger partial charge in [-0.3, -0.25) is 4.79 Å². The van der Waals surface area contributed by atoms with Crippen molar-refractivity contribution in [1.82, 2.24) is 0 Å². The first-order valence-electron chi connectivity index (χ1n) is 8.29. The minimum Gasteiger partial charge on any atom is -0.481 e. The second kappa shape index (κ2) is 8.99. The van der Waals surface area contributed by atoms with Crippen molar-refractivity contribution in [3.8, 4) is 11.1 Å². The van der Waals surface area contributed by atoms with Gasteiger partial charge in [0.05, 0.1) is 6.26 Å². The molecule has 0 spiro atoms. The second-order valence-electron chi connectivity index (χ2n) is 5.68. The van der Waals surface area contributed by atoms with Crippen molar-refractivity contribution >= 4 is 16.9 Å². The number of aliphatic carboxylic acids is 1. The van der Waals surface area contributed by atoms with Crippen LogP contribution in [-0.4, -0.2) is 11.1 Å². The maximum atomic E-state index is 10.0. The number of carbonyl (C=O) groups is 1. The standard InChI is InChI=1S/C12H8O.C8H16O2/c1-3-9-4-2-6-11(9)12-10(5-1)7-8-13-12;1-2-3-4-5-6-7-8(9)10/h1-8H;2-7H2,1H3,(H,9,10). The summed E-state index contributed by atoms with van der Waals surface area (Å²) in [5.74, 6) is -0.670. The Balaban J connectivity index is 0.000000175. The molecule has 1 heterocycles. The fourth-order valence-corrected chi connectivity index (χ4v) is 2.59. The number of carboxylic acid groups (broad SMARTS) is 1. The van der Waals surface area contributed by atoms with E-state index in [2.05, 4.69) is 37.3 Å². The molecule has 0 unspecified atom stereocenters. The van der Waals surface area contributed by atoms with E-state index in [-0.39, 0.29) is 0 Å². The molecule has 0 saturated heterocycles. The van der Waals surface area contributed by atoms with E-state index >= 15 is 0 Å². The average Bonchev–Trinajstić information content (AvgIpc) is 3.14. The molecule has 0 fully saturated rings. The summed E-state index contributed by atoms with van der Waals surface area (Å²) < 4.78 is 5.45. The Bertz CT molecular complexity index is 699. The van der Waals surface area contributed by atoms with Crippen LogP contribution in [0.25, 0.3) is 22.1 Å². The largest absolute Gasteiger partial charge is 0.481 e. The molecule has 3 nitrogen and oxygen atoms in total. The topological polar surface area (TPSA) is 50.4 Å². The van der Waals surface area contributed by atoms with Gasteiger partial charge in [-0.2, -0.15) is 0 Å². The highest BCUT2D eigenvalue weighted by atomic mass is 16.4. The van der Waals surface area contributed by atoms with Gasteiger partial charge in [0.1, 0.15) is 5.58 Å². The normalized spacial score (nSPS) is 10.5. The van der Waals surface area contributed by atoms with Crippen molar-refractivity contribution in [1.29, 1.82) is 0 Å². The number of fused-ring (bicyclic) bond motifs is 3. The van der Waals surface area contributed by atoms with E-state index in [1.807, 2.05) is 12.1 Å². The summed E-state index contributed by atoms with van der Waals surface area (Å²) in [4.78, 5) is 10.0. The molecule has 0 bridgehead atoms. The Labute approximate surface area is 137 Å². The molecule has 2 aliphatic carbocycles. The Hall–Kier alpha value is -2.29. The van der Waals surface area contributed by atoms with Crippen LogP contribution in [0.1, 0.15) is 45.4 Å². The summed E-state index contributed by atoms with van der Waals surface area (Å²) in [6, 6.07) is 14.4. The number of carboxylic acids is 1. The number of unbranched alkanes of at least 4 members (excludes halogenated alkanes) is 4. The van der Waals surface area contributed by atoms with Crippen LogP contribution in [0.5, 0.6) is 0 Å². The molecule has 1 N–H and O–H groups in total. The lowest BCUT2D eigenvalue weighted by molar-refractivity contribution is -0.137. The zero-order valence-electron chi connectivity index (χ0n) is 13.6. The smallest absolute Gasteiger partial charge is 0.303 e. The third-order valence-corrected chi connectivity index (χ3v) is 3.84. The van der Waals surface area contributed by atoms with E-state index in [0.29, 0.717) is 6.42 Å². The van der Waals surface area contributed by atoms with Crippen molar-refractivity contribution < 1.29 is 14.3 Å². The zero-order valence-corrected chi connectivity index (χ0v) is 13.6. The van der Waals surface area contributed by atoms with Gasteiger partial charge >= 0.3 is 5.97 Å². The zero-order chi connectivity index (χ0) is 16.5. The van der Waals surface area contributed by atoms with Crippen LogP contribution in [0.15, 0.2) is 53.1 Å². The third-order valence-electron chi connectivity index (χ3n) is 3.84. The number of rotatable bonds is 6. The highest BCUT2D eigenvalue weighted by Gasteiger charge is 2.06. The summed E-state index contributed by atoms with van der Waals surface area (Å²) in [7, 11) is 0. The number of hydrogen-bond donors (Lipinski definition) is 1. The molecular weight excluding hydrogens is 288 g/mol. The Kier molecular flexibility index (Phi) is 6.67. The summed E-state index contributed by atoms with van der Waals surface area (Å²) >= 11 is 0. The quantitative estimate of drug-likeness (QED) is 0.570. The molecule has 1 aromatic rings. The van der Waals surface area contributed by atoms with Crippen molar-refractivity contribution in [2.24, 2.45) is 0 Å². The van der Waals surface area contributed by atoms with Crippen LogP contribution in [0.4, 0.5) is 0 Å². The Morgan fingerprint density at radius 3 is 2.48 bits per heavy atom. The summed E-state index contributed by atoms with van der Waals surface area (Å²) in [6.07, 6.45) is 7.62. The molecule has 3 rings (SSSR count). The van der Waals surface area contributed by atoms with Crippen LogP contribution < -0.4 is 0 Å². The Morgan fingerprint density at radius 2 is 1.74 bits per heavy atom. The molecule has 0 saturated carbocycles. The predicted molar refractivity (Wildman–Crippen MR) is 93.8 cm³/mol. The minimum atomic E-state index is -0.670. The van der Waals surface area contributed by atoms with Gasteiger partial charge in [-0.1, -0.05) is 69.0 Å². The maximum Gasteiger partial charge on any atom is 0.303 e. The molecule has 0 aliphatic heterocycles. The molecule has 2 aliphatic rings. The van der Waals surface area contributed by atoms with Crippen molar-refractivity contribution in [2.45, 2.75) is 45.4 Å². The van der Waals surface area contributed by atoms with E-state index < -0.39 is 5.97 Å². The SMILES string of the molecule is CCCCCCCC(=O)O.c1cc2cccc3ccoc3c-2c1. The minimum absolute atomic E-state index is 0.337. The molecule has 0 amide bonds. The van der Waals surface area contributed by atoms with Crippen LogP contribution in [0.3, 0.4) is 0 Å². The van der Waals surface area contributed by atoms with E-state index in [0.717, 1.165) is 23.8 Å². The fourth-order valence-electron chi connectivity index (χ4n) is 2.59. The van der Waals surface area contributed by atoms with Crippen LogP contribution in [-0.2, 0) is 4.79 Å². The van der Waals surface area contributed by atoms with Crippen LogP contribution in [0.2, 0.25) is 0 Å². The third kappa shape index (κ3) is 5.13. The van der Waals surface area contributed by atoms with Gasteiger partial charge < -0.3 is 9.52 Å². The summed E-state index contributed by atoms with van der Waals surface area (Å²) in [6.45, 7) is 2.15. The molecule has 0 radical (unpaired) electrons. The van der Waals surface area contributed by atoms with Crippen LogP contribution >= 0.6 is 0 Å². The summed E-state index contributed by atoms with van der Waals surface area (Å²) in [5, 5.41) is 9.42. The Morgan fingerprint density at radius 1 is 1.00 bits per heavy atom. The highest BCUT2D eigenvalue weighted by molar-refractivity contribution is 5.92. The first kappa shape index (κ1) is 17.1. The van der Waals surface area contributed by atoms with Gasteiger partial charge in [-0.25, -0.2) is 0 Å². The molecule has 0 aromatic carbocycles. The molecular formula is C20H24O3. The highest BCUT2D eigenvalue weighted by Crippen LogP contribution is 2.30. The lowest BCUT2D eigenvalue weighted by Gasteiger charge is -1.95. The lowest BCUT2D eigenvalue weighted by atomic mass is 10.1.